The molecule has 0 bridgehead atoms. The van der Waals surface area contributed by atoms with Crippen LogP contribution in [0.3, 0.4) is 0 Å². The molecule has 3 N–H and O–H groups in total. The second-order valence-electron chi connectivity index (χ2n) is 5.71. The number of carbonyl (C=O) groups is 1. The van der Waals surface area contributed by atoms with E-state index in [-0.39, 0.29) is 23.7 Å². The number of hydrogen-bond acceptors (Lipinski definition) is 4. The molecular formula is C20H15ClN2O3. The molecule has 0 aliphatic heterocycles. The van der Waals surface area contributed by atoms with Crippen molar-refractivity contribution in [3.05, 3.63) is 72.4 Å². The van der Waals surface area contributed by atoms with Gasteiger partial charge in [0.05, 0.1) is 11.2 Å². The van der Waals surface area contributed by atoms with Crippen LogP contribution in [-0.2, 0) is 0 Å². The van der Waals surface area contributed by atoms with Gasteiger partial charge in [-0.1, -0.05) is 42.5 Å². The van der Waals surface area contributed by atoms with E-state index in [0.717, 1.165) is 16.3 Å². The number of rotatable bonds is 3. The summed E-state index contributed by atoms with van der Waals surface area (Å²) in [5.74, 6) is -0.962. The molecule has 0 spiro atoms. The highest BCUT2D eigenvalue weighted by atomic mass is 35.5. The summed E-state index contributed by atoms with van der Waals surface area (Å²) in [6.45, 7) is 0. The molecule has 0 radical (unpaired) electrons. The average Bonchev–Trinajstić information content (AvgIpc) is 2.61. The van der Waals surface area contributed by atoms with Crippen molar-refractivity contribution in [2.75, 3.05) is 5.32 Å². The molecule has 6 heteroatoms. The fourth-order valence-electron chi connectivity index (χ4n) is 2.96. The summed E-state index contributed by atoms with van der Waals surface area (Å²) in [4.78, 5) is 16.0. The number of aromatic hydroxyl groups is 1. The number of phenols is 1. The van der Waals surface area contributed by atoms with Gasteiger partial charge in [0.25, 0.3) is 0 Å². The summed E-state index contributed by atoms with van der Waals surface area (Å²) in [5, 5.41) is 25.0. The Balaban J connectivity index is 0.00000196. The molecule has 4 rings (SSSR count). The molecule has 5 nitrogen and oxygen atoms in total. The highest BCUT2D eigenvalue weighted by Gasteiger charge is 2.16. The van der Waals surface area contributed by atoms with Gasteiger partial charge in [-0.05, 0) is 17.5 Å². The first-order valence-corrected chi connectivity index (χ1v) is 7.73. The van der Waals surface area contributed by atoms with Crippen LogP contribution in [0.4, 0.5) is 11.4 Å². The number of nitrogens with one attached hydrogen (secondary N) is 1. The third-order valence-corrected chi connectivity index (χ3v) is 4.11. The lowest BCUT2D eigenvalue weighted by Crippen LogP contribution is -2.05. The molecular weight excluding hydrogens is 352 g/mol. The predicted octanol–water partition coefficient (Wildman–Crippen LogP) is 4.96. The van der Waals surface area contributed by atoms with Gasteiger partial charge in [-0.2, -0.15) is 0 Å². The minimum Gasteiger partial charge on any atom is -0.508 e. The minimum absolute atomic E-state index is 0. The van der Waals surface area contributed by atoms with E-state index in [9.17, 15) is 15.0 Å². The number of aromatic carboxylic acids is 1. The molecule has 4 aromatic rings. The Hall–Kier alpha value is -3.31. The van der Waals surface area contributed by atoms with Crippen molar-refractivity contribution >= 4 is 51.4 Å². The van der Waals surface area contributed by atoms with E-state index >= 15 is 0 Å². The molecule has 1 aromatic heterocycles. The number of carboxylic acids is 1. The fourth-order valence-corrected chi connectivity index (χ4v) is 2.96. The van der Waals surface area contributed by atoms with Crippen molar-refractivity contribution in [2.45, 2.75) is 0 Å². The van der Waals surface area contributed by atoms with E-state index in [2.05, 4.69) is 10.3 Å². The maximum absolute atomic E-state index is 11.7. The third-order valence-electron chi connectivity index (χ3n) is 4.11. The molecule has 3 aromatic carbocycles. The zero-order valence-electron chi connectivity index (χ0n) is 13.5. The van der Waals surface area contributed by atoms with Crippen LogP contribution in [0, 0.1) is 0 Å². The molecule has 0 aliphatic carbocycles. The Bertz CT molecular complexity index is 1130. The van der Waals surface area contributed by atoms with Gasteiger partial charge in [0.1, 0.15) is 11.3 Å². The maximum Gasteiger partial charge on any atom is 0.339 e. The Morgan fingerprint density at radius 1 is 0.962 bits per heavy atom. The average molecular weight is 367 g/mol. The van der Waals surface area contributed by atoms with Crippen LogP contribution in [0.15, 0.2) is 66.9 Å². The van der Waals surface area contributed by atoms with Crippen LogP contribution in [0.2, 0.25) is 0 Å². The van der Waals surface area contributed by atoms with E-state index in [1.807, 2.05) is 36.4 Å². The van der Waals surface area contributed by atoms with Crippen LogP contribution in [0.1, 0.15) is 10.4 Å². The molecule has 0 saturated heterocycles. The molecule has 130 valence electrons. The first-order chi connectivity index (χ1) is 12.1. The molecule has 0 amide bonds. The number of hydrogen-bond donors (Lipinski definition) is 3. The number of carboxylic acid groups (broad SMARTS) is 1. The number of fused-ring (bicyclic) bond motifs is 3. The number of benzene rings is 3. The van der Waals surface area contributed by atoms with Gasteiger partial charge in [0.2, 0.25) is 0 Å². The highest BCUT2D eigenvalue weighted by molar-refractivity contribution is 6.13. The smallest absolute Gasteiger partial charge is 0.339 e. The van der Waals surface area contributed by atoms with Crippen molar-refractivity contribution in [1.82, 2.24) is 4.98 Å². The predicted molar refractivity (Wildman–Crippen MR) is 105 cm³/mol. The highest BCUT2D eigenvalue weighted by Crippen LogP contribution is 2.33. The van der Waals surface area contributed by atoms with Gasteiger partial charge in [0, 0.05) is 28.7 Å². The third kappa shape index (κ3) is 3.00. The standard InChI is InChI=1S/C20H14N2O3.ClH/c23-14-6-3-5-13(10-14)22-19-16-9-8-12-4-1-2-7-15(12)18(16)21-11-17(19)20(24)25;/h1-11,23H,(H,21,22)(H,24,25);1H. The molecule has 0 fully saturated rings. The van der Waals surface area contributed by atoms with Gasteiger partial charge in [0.15, 0.2) is 0 Å². The lowest BCUT2D eigenvalue weighted by molar-refractivity contribution is 0.0697. The molecule has 0 saturated carbocycles. The van der Waals surface area contributed by atoms with Crippen molar-refractivity contribution in [3.8, 4) is 5.75 Å². The number of halogens is 1. The zero-order chi connectivity index (χ0) is 17.4. The molecule has 0 unspecified atom stereocenters. The van der Waals surface area contributed by atoms with E-state index in [1.165, 1.54) is 6.20 Å². The second kappa shape index (κ2) is 6.90. The van der Waals surface area contributed by atoms with Gasteiger partial charge < -0.3 is 15.5 Å². The monoisotopic (exact) mass is 366 g/mol. The number of aromatic nitrogens is 1. The van der Waals surface area contributed by atoms with Crippen LogP contribution in [-0.4, -0.2) is 21.2 Å². The summed E-state index contributed by atoms with van der Waals surface area (Å²) in [6.07, 6.45) is 1.36. The Morgan fingerprint density at radius 3 is 2.54 bits per heavy atom. The Morgan fingerprint density at radius 2 is 1.77 bits per heavy atom. The lowest BCUT2D eigenvalue weighted by Gasteiger charge is -2.14. The molecule has 26 heavy (non-hydrogen) atoms. The first kappa shape index (κ1) is 17.5. The van der Waals surface area contributed by atoms with E-state index in [0.29, 0.717) is 16.8 Å². The van der Waals surface area contributed by atoms with Gasteiger partial charge in [-0.25, -0.2) is 4.79 Å². The summed E-state index contributed by atoms with van der Waals surface area (Å²) in [7, 11) is 0. The molecule has 0 atom stereocenters. The zero-order valence-corrected chi connectivity index (χ0v) is 14.3. The van der Waals surface area contributed by atoms with Crippen molar-refractivity contribution < 1.29 is 15.0 Å². The Kier molecular flexibility index (Phi) is 4.65. The van der Waals surface area contributed by atoms with Crippen LogP contribution < -0.4 is 5.32 Å². The summed E-state index contributed by atoms with van der Waals surface area (Å²) in [6, 6.07) is 18.2. The van der Waals surface area contributed by atoms with Crippen molar-refractivity contribution in [3.63, 3.8) is 0 Å². The largest absolute Gasteiger partial charge is 0.508 e. The fraction of sp³-hybridized carbons (Fsp3) is 0. The van der Waals surface area contributed by atoms with Crippen LogP contribution >= 0.6 is 12.4 Å². The van der Waals surface area contributed by atoms with E-state index < -0.39 is 5.97 Å². The SMILES string of the molecule is Cl.O=C(O)c1cnc2c(ccc3ccccc32)c1Nc1cccc(O)c1. The number of pyridine rings is 1. The topological polar surface area (TPSA) is 82.5 Å². The maximum atomic E-state index is 11.7. The molecule has 1 heterocycles. The minimum atomic E-state index is -1.06. The quantitative estimate of drug-likeness (QED) is 0.446. The van der Waals surface area contributed by atoms with E-state index in [1.54, 1.807) is 24.3 Å². The summed E-state index contributed by atoms with van der Waals surface area (Å²) in [5.41, 5.74) is 1.86. The number of phenolic OH excluding ortho intramolecular Hbond substituents is 1. The number of anilines is 2. The van der Waals surface area contributed by atoms with Crippen molar-refractivity contribution in [2.24, 2.45) is 0 Å². The Labute approximate surface area is 155 Å². The summed E-state index contributed by atoms with van der Waals surface area (Å²) < 4.78 is 0. The van der Waals surface area contributed by atoms with E-state index in [4.69, 9.17) is 0 Å². The van der Waals surface area contributed by atoms with Gasteiger partial charge in [-0.15, -0.1) is 12.4 Å². The van der Waals surface area contributed by atoms with Gasteiger partial charge >= 0.3 is 5.97 Å². The van der Waals surface area contributed by atoms with Crippen LogP contribution in [0.5, 0.6) is 5.75 Å². The number of nitrogens with zero attached hydrogens (tertiary/aromatic N) is 1. The first-order valence-electron chi connectivity index (χ1n) is 7.73. The lowest BCUT2D eigenvalue weighted by atomic mass is 10.0. The van der Waals surface area contributed by atoms with Crippen molar-refractivity contribution in [1.29, 1.82) is 0 Å². The van der Waals surface area contributed by atoms with Gasteiger partial charge in [-0.3, -0.25) is 4.98 Å². The normalized spacial score (nSPS) is 10.5. The van der Waals surface area contributed by atoms with Crippen LogP contribution in [0.25, 0.3) is 21.7 Å². The molecule has 0 aliphatic rings. The second-order valence-corrected chi connectivity index (χ2v) is 5.71. The summed E-state index contributed by atoms with van der Waals surface area (Å²) >= 11 is 0.